The van der Waals surface area contributed by atoms with Gasteiger partial charge in [0.25, 0.3) is 0 Å². The predicted molar refractivity (Wildman–Crippen MR) is 112 cm³/mol. The van der Waals surface area contributed by atoms with Crippen molar-refractivity contribution in [1.82, 2.24) is 4.90 Å². The van der Waals surface area contributed by atoms with E-state index in [9.17, 15) is 0 Å². The molecule has 2 nitrogen and oxygen atoms in total. The molecule has 2 atom stereocenters. The standard InChI is InChI=1S/C25H26N2/c1-19(20-9-3-2-4-10-20)26-15-16-27-24-14-8-6-12-22(24)17-21-11-5-7-13-23(21)25(27)18-26/h2-14,19,25H,15-18H2,1H3/t19-,25+/m0/s1. The van der Waals surface area contributed by atoms with Crippen molar-refractivity contribution in [1.29, 1.82) is 0 Å². The van der Waals surface area contributed by atoms with E-state index >= 15 is 0 Å². The number of anilines is 1. The van der Waals surface area contributed by atoms with Crippen LogP contribution in [0.3, 0.4) is 0 Å². The molecule has 3 aromatic carbocycles. The summed E-state index contributed by atoms with van der Waals surface area (Å²) < 4.78 is 0. The molecule has 1 saturated heterocycles. The minimum Gasteiger partial charge on any atom is -0.362 e. The highest BCUT2D eigenvalue weighted by Gasteiger charge is 2.34. The van der Waals surface area contributed by atoms with Crippen LogP contribution in [0.4, 0.5) is 5.69 Å². The molecule has 1 fully saturated rings. The Morgan fingerprint density at radius 2 is 1.48 bits per heavy atom. The van der Waals surface area contributed by atoms with E-state index in [0.717, 1.165) is 26.1 Å². The minimum absolute atomic E-state index is 0.421. The van der Waals surface area contributed by atoms with Gasteiger partial charge in [-0.15, -0.1) is 0 Å². The largest absolute Gasteiger partial charge is 0.362 e. The molecule has 0 N–H and O–H groups in total. The van der Waals surface area contributed by atoms with Crippen LogP contribution >= 0.6 is 0 Å². The molecule has 0 bridgehead atoms. The van der Waals surface area contributed by atoms with Gasteiger partial charge in [0.05, 0.1) is 6.04 Å². The van der Waals surface area contributed by atoms with Crippen molar-refractivity contribution in [3.63, 3.8) is 0 Å². The van der Waals surface area contributed by atoms with Crippen molar-refractivity contribution in [3.8, 4) is 0 Å². The molecule has 136 valence electrons. The van der Waals surface area contributed by atoms with E-state index in [0.29, 0.717) is 12.1 Å². The number of rotatable bonds is 2. The molecule has 0 aromatic heterocycles. The van der Waals surface area contributed by atoms with E-state index in [2.05, 4.69) is 95.6 Å². The second-order valence-corrected chi connectivity index (χ2v) is 7.80. The fourth-order valence-electron chi connectivity index (χ4n) is 4.82. The van der Waals surface area contributed by atoms with E-state index in [-0.39, 0.29) is 0 Å². The zero-order valence-corrected chi connectivity index (χ0v) is 15.9. The first-order valence-corrected chi connectivity index (χ1v) is 10.0. The van der Waals surface area contributed by atoms with E-state index in [1.165, 1.54) is 27.9 Å². The molecule has 0 aliphatic carbocycles. The Bertz CT molecular complexity index is 934. The van der Waals surface area contributed by atoms with Crippen molar-refractivity contribution < 1.29 is 0 Å². The van der Waals surface area contributed by atoms with Crippen LogP contribution in [0.2, 0.25) is 0 Å². The van der Waals surface area contributed by atoms with E-state index in [4.69, 9.17) is 0 Å². The fraction of sp³-hybridized carbons (Fsp3) is 0.280. The lowest BCUT2D eigenvalue weighted by atomic mass is 9.95. The van der Waals surface area contributed by atoms with Crippen molar-refractivity contribution in [3.05, 3.63) is 101 Å². The summed E-state index contributed by atoms with van der Waals surface area (Å²) in [6.07, 6.45) is 1.04. The topological polar surface area (TPSA) is 6.48 Å². The molecule has 2 aliphatic rings. The number of fused-ring (bicyclic) bond motifs is 5. The summed E-state index contributed by atoms with van der Waals surface area (Å²) in [5, 5.41) is 0. The van der Waals surface area contributed by atoms with Gasteiger partial charge in [0.15, 0.2) is 0 Å². The van der Waals surface area contributed by atoms with Crippen LogP contribution in [0.5, 0.6) is 0 Å². The Balaban J connectivity index is 1.53. The molecular weight excluding hydrogens is 328 g/mol. The number of benzene rings is 3. The minimum atomic E-state index is 0.421. The molecule has 0 unspecified atom stereocenters. The van der Waals surface area contributed by atoms with Gasteiger partial charge in [-0.2, -0.15) is 0 Å². The van der Waals surface area contributed by atoms with Crippen molar-refractivity contribution in [2.75, 3.05) is 24.5 Å². The number of nitrogens with zero attached hydrogens (tertiary/aromatic N) is 2. The Hall–Kier alpha value is -2.58. The lowest BCUT2D eigenvalue weighted by molar-refractivity contribution is 0.171. The van der Waals surface area contributed by atoms with Gasteiger partial charge in [0.2, 0.25) is 0 Å². The molecule has 3 aromatic rings. The van der Waals surface area contributed by atoms with Gasteiger partial charge >= 0.3 is 0 Å². The lowest BCUT2D eigenvalue weighted by Crippen LogP contribution is -2.49. The Kier molecular flexibility index (Phi) is 4.21. The number of para-hydroxylation sites is 1. The Morgan fingerprint density at radius 3 is 2.33 bits per heavy atom. The zero-order chi connectivity index (χ0) is 18.2. The molecule has 2 heterocycles. The maximum atomic E-state index is 2.65. The first-order chi connectivity index (χ1) is 13.3. The van der Waals surface area contributed by atoms with Gasteiger partial charge in [-0.3, -0.25) is 4.90 Å². The highest BCUT2D eigenvalue weighted by atomic mass is 15.3. The fourth-order valence-corrected chi connectivity index (χ4v) is 4.82. The third kappa shape index (κ3) is 2.94. The van der Waals surface area contributed by atoms with E-state index in [1.54, 1.807) is 0 Å². The molecular formula is C25H26N2. The third-order valence-electron chi connectivity index (χ3n) is 6.34. The normalized spacial score (nSPS) is 20.2. The van der Waals surface area contributed by atoms with Crippen LogP contribution in [0, 0.1) is 0 Å². The molecule has 0 saturated carbocycles. The molecule has 2 heteroatoms. The molecule has 0 amide bonds. The first kappa shape index (κ1) is 16.6. The quantitative estimate of drug-likeness (QED) is 0.623. The highest BCUT2D eigenvalue weighted by molar-refractivity contribution is 5.60. The molecule has 2 aliphatic heterocycles. The van der Waals surface area contributed by atoms with E-state index < -0.39 is 0 Å². The molecule has 0 spiro atoms. The van der Waals surface area contributed by atoms with Crippen LogP contribution in [0.25, 0.3) is 0 Å². The van der Waals surface area contributed by atoms with Crippen LogP contribution < -0.4 is 4.90 Å². The van der Waals surface area contributed by atoms with E-state index in [1.807, 2.05) is 0 Å². The summed E-state index contributed by atoms with van der Waals surface area (Å²) in [7, 11) is 0. The van der Waals surface area contributed by atoms with Crippen LogP contribution in [0.1, 0.15) is 41.3 Å². The maximum Gasteiger partial charge on any atom is 0.0673 e. The summed E-state index contributed by atoms with van der Waals surface area (Å²) >= 11 is 0. The summed E-state index contributed by atoms with van der Waals surface area (Å²) in [5.41, 5.74) is 7.27. The maximum absolute atomic E-state index is 2.65. The Labute approximate surface area is 162 Å². The predicted octanol–water partition coefficient (Wildman–Crippen LogP) is 5.22. The van der Waals surface area contributed by atoms with Crippen LogP contribution in [-0.4, -0.2) is 24.5 Å². The smallest absolute Gasteiger partial charge is 0.0673 e. The van der Waals surface area contributed by atoms with Crippen molar-refractivity contribution in [2.24, 2.45) is 0 Å². The van der Waals surface area contributed by atoms with Gasteiger partial charge < -0.3 is 4.90 Å². The summed E-state index contributed by atoms with van der Waals surface area (Å²) in [4.78, 5) is 5.30. The zero-order valence-electron chi connectivity index (χ0n) is 15.9. The highest BCUT2D eigenvalue weighted by Crippen LogP contribution is 2.40. The number of hydrogen-bond donors (Lipinski definition) is 0. The van der Waals surface area contributed by atoms with Gasteiger partial charge in [0.1, 0.15) is 0 Å². The second kappa shape index (κ2) is 6.86. The van der Waals surface area contributed by atoms with Crippen molar-refractivity contribution >= 4 is 5.69 Å². The van der Waals surface area contributed by atoms with Crippen LogP contribution in [0.15, 0.2) is 78.9 Å². The molecule has 5 rings (SSSR count). The first-order valence-electron chi connectivity index (χ1n) is 10.0. The van der Waals surface area contributed by atoms with Gasteiger partial charge in [-0.25, -0.2) is 0 Å². The monoisotopic (exact) mass is 354 g/mol. The summed E-state index contributed by atoms with van der Waals surface area (Å²) in [6.45, 7) is 5.60. The third-order valence-corrected chi connectivity index (χ3v) is 6.34. The average Bonchev–Trinajstić information content (AvgIpc) is 2.88. The van der Waals surface area contributed by atoms with Gasteiger partial charge in [0, 0.05) is 31.4 Å². The SMILES string of the molecule is C[C@@H](c1ccccc1)N1CCN2c3ccccc3Cc3ccccc3[C@H]2C1. The van der Waals surface area contributed by atoms with Gasteiger partial charge in [-0.1, -0.05) is 72.8 Å². The number of piperazine rings is 1. The molecule has 27 heavy (non-hydrogen) atoms. The second-order valence-electron chi connectivity index (χ2n) is 7.80. The average molecular weight is 354 g/mol. The molecule has 0 radical (unpaired) electrons. The van der Waals surface area contributed by atoms with Gasteiger partial charge in [-0.05, 0) is 41.7 Å². The lowest BCUT2D eigenvalue weighted by Gasteiger charge is -2.45. The van der Waals surface area contributed by atoms with Crippen LogP contribution in [-0.2, 0) is 6.42 Å². The summed E-state index contributed by atoms with van der Waals surface area (Å²) in [5.74, 6) is 0. The Morgan fingerprint density at radius 1 is 0.778 bits per heavy atom. The number of hydrogen-bond acceptors (Lipinski definition) is 2. The summed E-state index contributed by atoms with van der Waals surface area (Å²) in [6, 6.07) is 29.8. The van der Waals surface area contributed by atoms with Crippen molar-refractivity contribution in [2.45, 2.75) is 25.4 Å².